The molecular formula is C22H21N. The number of nitrogens with zero attached hydrogens (tertiary/aromatic N) is 1. The summed E-state index contributed by atoms with van der Waals surface area (Å²) in [5.74, 6) is 0. The van der Waals surface area contributed by atoms with Crippen molar-refractivity contribution in [1.82, 2.24) is 4.98 Å². The highest BCUT2D eigenvalue weighted by Gasteiger charge is 2.39. The minimum atomic E-state index is 0.416. The van der Waals surface area contributed by atoms with Crippen LogP contribution in [0, 0.1) is 6.92 Å². The Morgan fingerprint density at radius 3 is 2.35 bits per heavy atom. The van der Waals surface area contributed by atoms with E-state index in [1.807, 2.05) is 12.4 Å². The average molecular weight is 299 g/mol. The maximum Gasteiger partial charge on any atom is 0.0352 e. The molecule has 1 aromatic heterocycles. The average Bonchev–Trinajstić information content (AvgIpc) is 3.34. The molecule has 114 valence electrons. The molecule has 0 radical (unpaired) electrons. The van der Waals surface area contributed by atoms with Gasteiger partial charge >= 0.3 is 0 Å². The minimum absolute atomic E-state index is 0.416. The summed E-state index contributed by atoms with van der Waals surface area (Å²) in [6, 6.07) is 19.5. The summed E-state index contributed by atoms with van der Waals surface area (Å²) >= 11 is 0. The number of pyridine rings is 1. The van der Waals surface area contributed by atoms with Crippen molar-refractivity contribution in [3.8, 4) is 22.3 Å². The first kappa shape index (κ1) is 14.2. The molecule has 3 aromatic rings. The normalized spacial score (nSPS) is 15.4. The number of hydrogen-bond acceptors (Lipinski definition) is 1. The van der Waals surface area contributed by atoms with Gasteiger partial charge in [-0.05, 0) is 59.1 Å². The van der Waals surface area contributed by atoms with Crippen molar-refractivity contribution in [3.05, 3.63) is 78.1 Å². The maximum atomic E-state index is 4.36. The fraction of sp³-hybridized carbons (Fsp3) is 0.227. The molecule has 23 heavy (non-hydrogen) atoms. The highest BCUT2D eigenvalue weighted by atomic mass is 14.6. The predicted octanol–water partition coefficient (Wildman–Crippen LogP) is 5.78. The van der Waals surface area contributed by atoms with Gasteiger partial charge in [-0.1, -0.05) is 55.5 Å². The maximum absolute atomic E-state index is 4.36. The molecule has 1 nitrogen and oxygen atoms in total. The Balaban J connectivity index is 1.81. The van der Waals surface area contributed by atoms with Gasteiger partial charge in [0.15, 0.2) is 0 Å². The molecule has 0 bridgehead atoms. The Kier molecular flexibility index (Phi) is 3.30. The van der Waals surface area contributed by atoms with Crippen LogP contribution in [0.3, 0.4) is 0 Å². The van der Waals surface area contributed by atoms with Crippen LogP contribution in [0.2, 0.25) is 0 Å². The van der Waals surface area contributed by atoms with E-state index in [2.05, 4.69) is 73.4 Å². The molecule has 1 heteroatoms. The molecule has 1 aliphatic rings. The zero-order chi connectivity index (χ0) is 15.9. The van der Waals surface area contributed by atoms with E-state index in [0.717, 1.165) is 0 Å². The van der Waals surface area contributed by atoms with Gasteiger partial charge in [-0.2, -0.15) is 0 Å². The van der Waals surface area contributed by atoms with Crippen molar-refractivity contribution >= 4 is 0 Å². The van der Waals surface area contributed by atoms with E-state index in [1.165, 1.54) is 46.2 Å². The van der Waals surface area contributed by atoms with Crippen molar-refractivity contribution in [1.29, 1.82) is 0 Å². The van der Waals surface area contributed by atoms with E-state index in [1.54, 1.807) is 0 Å². The largest absolute Gasteiger partial charge is 0.264 e. The molecule has 0 unspecified atom stereocenters. The fourth-order valence-corrected chi connectivity index (χ4v) is 3.46. The monoisotopic (exact) mass is 299 g/mol. The van der Waals surface area contributed by atoms with Crippen LogP contribution in [-0.2, 0) is 5.41 Å². The first-order valence-electron chi connectivity index (χ1n) is 8.28. The molecule has 1 fully saturated rings. The van der Waals surface area contributed by atoms with Crippen molar-refractivity contribution in [2.45, 2.75) is 32.1 Å². The second kappa shape index (κ2) is 5.34. The molecule has 0 amide bonds. The van der Waals surface area contributed by atoms with Crippen LogP contribution >= 0.6 is 0 Å². The summed E-state index contributed by atoms with van der Waals surface area (Å²) in [7, 11) is 0. The SMILES string of the molecule is Cc1cc(-c2cnccc2-c2ccccc2)ccc1C1(C)CC1. The molecule has 0 atom stereocenters. The van der Waals surface area contributed by atoms with Crippen LogP contribution in [0.4, 0.5) is 0 Å². The first-order valence-corrected chi connectivity index (χ1v) is 8.28. The summed E-state index contributed by atoms with van der Waals surface area (Å²) < 4.78 is 0. The van der Waals surface area contributed by atoms with E-state index < -0.39 is 0 Å². The summed E-state index contributed by atoms with van der Waals surface area (Å²) in [4.78, 5) is 4.36. The highest BCUT2D eigenvalue weighted by Crippen LogP contribution is 2.49. The summed E-state index contributed by atoms with van der Waals surface area (Å²) in [6.45, 7) is 4.61. The minimum Gasteiger partial charge on any atom is -0.264 e. The standard InChI is InChI=1S/C22H21N/c1-16-14-18(8-9-21(16)22(2)11-12-22)20-15-23-13-10-19(20)17-6-4-3-5-7-17/h3-10,13-15H,11-12H2,1-2H3. The number of hydrogen-bond donors (Lipinski definition) is 0. The van der Waals surface area contributed by atoms with Crippen LogP contribution in [-0.4, -0.2) is 4.98 Å². The third-order valence-electron chi connectivity index (χ3n) is 5.09. The Morgan fingerprint density at radius 1 is 0.870 bits per heavy atom. The third kappa shape index (κ3) is 2.57. The van der Waals surface area contributed by atoms with Crippen LogP contribution < -0.4 is 0 Å². The molecule has 0 aliphatic heterocycles. The van der Waals surface area contributed by atoms with Crippen LogP contribution in [0.1, 0.15) is 30.9 Å². The molecule has 1 saturated carbocycles. The smallest absolute Gasteiger partial charge is 0.0352 e. The number of aromatic nitrogens is 1. The topological polar surface area (TPSA) is 12.9 Å². The number of rotatable bonds is 3. The van der Waals surface area contributed by atoms with Crippen LogP contribution in [0.5, 0.6) is 0 Å². The Bertz CT molecular complexity index is 845. The molecule has 0 spiro atoms. The van der Waals surface area contributed by atoms with Gasteiger partial charge in [-0.25, -0.2) is 0 Å². The van der Waals surface area contributed by atoms with E-state index in [0.29, 0.717) is 5.41 Å². The fourth-order valence-electron chi connectivity index (χ4n) is 3.46. The Hall–Kier alpha value is -2.41. The second-order valence-corrected chi connectivity index (χ2v) is 6.88. The zero-order valence-corrected chi connectivity index (χ0v) is 13.7. The summed E-state index contributed by atoms with van der Waals surface area (Å²) in [5, 5.41) is 0. The predicted molar refractivity (Wildman–Crippen MR) is 96.4 cm³/mol. The molecule has 4 rings (SSSR count). The van der Waals surface area contributed by atoms with Gasteiger partial charge < -0.3 is 0 Å². The van der Waals surface area contributed by atoms with Gasteiger partial charge in [0.1, 0.15) is 0 Å². The van der Waals surface area contributed by atoms with Gasteiger partial charge in [-0.15, -0.1) is 0 Å². The van der Waals surface area contributed by atoms with Gasteiger partial charge in [0.2, 0.25) is 0 Å². The van der Waals surface area contributed by atoms with Gasteiger partial charge in [0.25, 0.3) is 0 Å². The first-order chi connectivity index (χ1) is 11.2. The van der Waals surface area contributed by atoms with E-state index in [4.69, 9.17) is 0 Å². The van der Waals surface area contributed by atoms with Crippen LogP contribution in [0.25, 0.3) is 22.3 Å². The van der Waals surface area contributed by atoms with Crippen LogP contribution in [0.15, 0.2) is 67.0 Å². The van der Waals surface area contributed by atoms with E-state index in [9.17, 15) is 0 Å². The lowest BCUT2D eigenvalue weighted by molar-refractivity contribution is 0.780. The van der Waals surface area contributed by atoms with Gasteiger partial charge in [-0.3, -0.25) is 4.98 Å². The van der Waals surface area contributed by atoms with Crippen molar-refractivity contribution in [2.24, 2.45) is 0 Å². The lowest BCUT2D eigenvalue weighted by Gasteiger charge is -2.15. The molecule has 2 aromatic carbocycles. The molecule has 0 N–H and O–H groups in total. The van der Waals surface area contributed by atoms with Gasteiger partial charge in [0, 0.05) is 18.0 Å². The molecule has 1 aliphatic carbocycles. The third-order valence-corrected chi connectivity index (χ3v) is 5.09. The molecule has 0 saturated heterocycles. The molecule has 1 heterocycles. The zero-order valence-electron chi connectivity index (χ0n) is 13.7. The lowest BCUT2D eigenvalue weighted by atomic mass is 9.89. The number of aryl methyl sites for hydroxylation is 1. The second-order valence-electron chi connectivity index (χ2n) is 6.88. The highest BCUT2D eigenvalue weighted by molar-refractivity contribution is 5.83. The Labute approximate surface area is 138 Å². The van der Waals surface area contributed by atoms with E-state index in [-0.39, 0.29) is 0 Å². The molecular weight excluding hydrogens is 278 g/mol. The van der Waals surface area contributed by atoms with E-state index >= 15 is 0 Å². The summed E-state index contributed by atoms with van der Waals surface area (Å²) in [5.41, 5.74) is 8.25. The van der Waals surface area contributed by atoms with Crippen molar-refractivity contribution in [2.75, 3.05) is 0 Å². The Morgan fingerprint density at radius 2 is 1.65 bits per heavy atom. The summed E-state index contributed by atoms with van der Waals surface area (Å²) in [6.07, 6.45) is 6.48. The lowest BCUT2D eigenvalue weighted by Crippen LogP contribution is -2.02. The quantitative estimate of drug-likeness (QED) is 0.597. The van der Waals surface area contributed by atoms with Crippen molar-refractivity contribution < 1.29 is 0 Å². The van der Waals surface area contributed by atoms with Crippen molar-refractivity contribution in [3.63, 3.8) is 0 Å². The van der Waals surface area contributed by atoms with Gasteiger partial charge in [0.05, 0.1) is 0 Å². The number of benzene rings is 2.